The summed E-state index contributed by atoms with van der Waals surface area (Å²) >= 11 is 0. The van der Waals surface area contributed by atoms with Crippen molar-refractivity contribution in [3.63, 3.8) is 0 Å². The number of carbonyl (C=O) groups excluding carboxylic acids is 2. The van der Waals surface area contributed by atoms with E-state index in [-0.39, 0.29) is 30.9 Å². The van der Waals surface area contributed by atoms with Crippen LogP contribution >= 0.6 is 0 Å². The molecule has 2 aliphatic heterocycles. The SMILES string of the molecule is O=C1CC(C(=O)Nc2ccc3c(c2)OCO3)N=C(Nc2ccc(F)cc2)N1. The summed E-state index contributed by atoms with van der Waals surface area (Å²) in [6.07, 6.45) is -0.0784. The summed E-state index contributed by atoms with van der Waals surface area (Å²) in [7, 11) is 0. The standard InChI is InChI=1S/C18H15FN4O4/c19-10-1-3-11(4-2-10)21-18-22-13(8-16(24)23-18)17(25)20-12-5-6-14-15(7-12)27-9-26-14/h1-7,13H,8-9H2,(H,20,25)(H2,21,22,23,24). The molecule has 0 fully saturated rings. The lowest BCUT2D eigenvalue weighted by Crippen LogP contribution is -2.45. The van der Waals surface area contributed by atoms with Crippen LogP contribution in [0.2, 0.25) is 0 Å². The number of hydrogen-bond acceptors (Lipinski definition) is 6. The molecule has 8 nitrogen and oxygen atoms in total. The van der Waals surface area contributed by atoms with Crippen LogP contribution in [-0.4, -0.2) is 30.6 Å². The average molecular weight is 370 g/mol. The zero-order valence-corrected chi connectivity index (χ0v) is 14.0. The van der Waals surface area contributed by atoms with Crippen LogP contribution in [0.15, 0.2) is 47.5 Å². The highest BCUT2D eigenvalue weighted by Gasteiger charge is 2.27. The number of carbonyl (C=O) groups is 2. The molecule has 0 saturated carbocycles. The molecule has 2 aliphatic rings. The molecule has 2 heterocycles. The fourth-order valence-electron chi connectivity index (χ4n) is 2.68. The van der Waals surface area contributed by atoms with E-state index in [0.717, 1.165) is 0 Å². The smallest absolute Gasteiger partial charge is 0.249 e. The van der Waals surface area contributed by atoms with Gasteiger partial charge in [0.1, 0.15) is 11.9 Å². The van der Waals surface area contributed by atoms with Crippen LogP contribution in [-0.2, 0) is 9.59 Å². The Morgan fingerprint density at radius 1 is 1.11 bits per heavy atom. The minimum atomic E-state index is -0.896. The van der Waals surface area contributed by atoms with Gasteiger partial charge >= 0.3 is 0 Å². The van der Waals surface area contributed by atoms with E-state index in [1.807, 2.05) is 0 Å². The molecule has 0 radical (unpaired) electrons. The summed E-state index contributed by atoms with van der Waals surface area (Å²) in [5.74, 6) is 0.118. The third-order valence-electron chi connectivity index (χ3n) is 3.97. The van der Waals surface area contributed by atoms with Gasteiger partial charge in [-0.05, 0) is 36.4 Å². The molecular formula is C18H15FN4O4. The number of nitrogens with zero attached hydrogens (tertiary/aromatic N) is 1. The Morgan fingerprint density at radius 3 is 2.67 bits per heavy atom. The Hall–Kier alpha value is -3.62. The molecule has 2 aromatic rings. The summed E-state index contributed by atoms with van der Waals surface area (Å²) in [4.78, 5) is 28.7. The minimum absolute atomic E-state index is 0.0784. The van der Waals surface area contributed by atoms with E-state index < -0.39 is 11.9 Å². The zero-order chi connectivity index (χ0) is 18.8. The Balaban J connectivity index is 1.47. The van der Waals surface area contributed by atoms with Crippen LogP contribution in [0.4, 0.5) is 15.8 Å². The van der Waals surface area contributed by atoms with E-state index in [1.54, 1.807) is 18.2 Å². The number of nitrogens with one attached hydrogen (secondary N) is 3. The number of anilines is 2. The predicted octanol–water partition coefficient (Wildman–Crippen LogP) is 1.85. The average Bonchev–Trinajstić information content (AvgIpc) is 3.11. The van der Waals surface area contributed by atoms with E-state index >= 15 is 0 Å². The van der Waals surface area contributed by atoms with E-state index in [1.165, 1.54) is 24.3 Å². The molecule has 0 aliphatic carbocycles. The Morgan fingerprint density at radius 2 is 1.85 bits per heavy atom. The first-order valence-corrected chi connectivity index (χ1v) is 8.17. The number of ether oxygens (including phenoxy) is 2. The topological polar surface area (TPSA) is 101 Å². The van der Waals surface area contributed by atoms with E-state index in [9.17, 15) is 14.0 Å². The van der Waals surface area contributed by atoms with Gasteiger partial charge in [-0.15, -0.1) is 0 Å². The fraction of sp³-hybridized carbons (Fsp3) is 0.167. The van der Waals surface area contributed by atoms with Crippen LogP contribution in [0.1, 0.15) is 6.42 Å². The molecule has 2 amide bonds. The summed E-state index contributed by atoms with van der Waals surface area (Å²) in [5, 5.41) is 8.12. The lowest BCUT2D eigenvalue weighted by Gasteiger charge is -2.21. The van der Waals surface area contributed by atoms with E-state index in [0.29, 0.717) is 22.9 Å². The molecule has 0 saturated heterocycles. The van der Waals surface area contributed by atoms with E-state index in [2.05, 4.69) is 20.9 Å². The molecule has 3 N–H and O–H groups in total. The lowest BCUT2D eigenvalue weighted by atomic mass is 10.1. The van der Waals surface area contributed by atoms with Gasteiger partial charge < -0.3 is 20.1 Å². The van der Waals surface area contributed by atoms with Gasteiger partial charge in [-0.2, -0.15) is 0 Å². The highest BCUT2D eigenvalue weighted by Crippen LogP contribution is 2.34. The number of amides is 2. The Labute approximate surface area is 153 Å². The quantitative estimate of drug-likeness (QED) is 0.766. The number of hydrogen-bond donors (Lipinski definition) is 3. The fourth-order valence-corrected chi connectivity index (χ4v) is 2.68. The predicted molar refractivity (Wildman–Crippen MR) is 95.2 cm³/mol. The zero-order valence-electron chi connectivity index (χ0n) is 14.0. The van der Waals surface area contributed by atoms with Gasteiger partial charge in [0.05, 0.1) is 6.42 Å². The summed E-state index contributed by atoms with van der Waals surface area (Å²) < 4.78 is 23.5. The van der Waals surface area contributed by atoms with Crippen LogP contribution < -0.4 is 25.4 Å². The monoisotopic (exact) mass is 370 g/mol. The van der Waals surface area contributed by atoms with Crippen molar-refractivity contribution in [1.82, 2.24) is 5.32 Å². The first-order valence-electron chi connectivity index (χ1n) is 8.17. The number of aliphatic imine (C=N–C) groups is 1. The van der Waals surface area contributed by atoms with Crippen molar-refractivity contribution >= 4 is 29.1 Å². The van der Waals surface area contributed by atoms with Gasteiger partial charge in [0, 0.05) is 17.4 Å². The second-order valence-electron chi connectivity index (χ2n) is 5.93. The van der Waals surface area contributed by atoms with Gasteiger partial charge in [0.25, 0.3) is 0 Å². The van der Waals surface area contributed by atoms with Crippen molar-refractivity contribution < 1.29 is 23.5 Å². The molecule has 2 aromatic carbocycles. The normalized spacial score (nSPS) is 17.7. The molecular weight excluding hydrogens is 355 g/mol. The first-order chi connectivity index (χ1) is 13.1. The largest absolute Gasteiger partial charge is 0.454 e. The number of fused-ring (bicyclic) bond motifs is 1. The molecule has 1 unspecified atom stereocenters. The van der Waals surface area contributed by atoms with Gasteiger partial charge in [-0.1, -0.05) is 0 Å². The molecule has 138 valence electrons. The molecule has 0 spiro atoms. The van der Waals surface area contributed by atoms with Crippen molar-refractivity contribution in [2.24, 2.45) is 4.99 Å². The summed E-state index contributed by atoms with van der Waals surface area (Å²) in [6.45, 7) is 0.137. The second kappa shape index (κ2) is 6.94. The highest BCUT2D eigenvalue weighted by atomic mass is 19.1. The Bertz CT molecular complexity index is 929. The van der Waals surface area contributed by atoms with Crippen molar-refractivity contribution in [3.05, 3.63) is 48.3 Å². The number of benzene rings is 2. The van der Waals surface area contributed by atoms with E-state index in [4.69, 9.17) is 9.47 Å². The molecule has 27 heavy (non-hydrogen) atoms. The molecule has 0 aromatic heterocycles. The third-order valence-corrected chi connectivity index (χ3v) is 3.97. The third kappa shape index (κ3) is 3.81. The summed E-state index contributed by atoms with van der Waals surface area (Å²) in [5.41, 5.74) is 1.05. The van der Waals surface area contributed by atoms with Gasteiger partial charge in [-0.25, -0.2) is 9.38 Å². The van der Waals surface area contributed by atoms with Gasteiger partial charge in [-0.3, -0.25) is 14.9 Å². The molecule has 0 bridgehead atoms. The van der Waals surface area contributed by atoms with Crippen LogP contribution in [0.3, 0.4) is 0 Å². The molecule has 1 atom stereocenters. The minimum Gasteiger partial charge on any atom is -0.454 e. The van der Waals surface area contributed by atoms with Crippen LogP contribution in [0.25, 0.3) is 0 Å². The van der Waals surface area contributed by atoms with Crippen LogP contribution in [0.5, 0.6) is 11.5 Å². The van der Waals surface area contributed by atoms with Crippen molar-refractivity contribution in [2.45, 2.75) is 12.5 Å². The maximum atomic E-state index is 13.0. The van der Waals surface area contributed by atoms with Crippen molar-refractivity contribution in [3.8, 4) is 11.5 Å². The first kappa shape index (κ1) is 16.8. The molecule has 4 rings (SSSR count). The summed E-state index contributed by atoms with van der Waals surface area (Å²) in [6, 6.07) is 9.67. The number of halogens is 1. The molecule has 9 heteroatoms. The maximum absolute atomic E-state index is 13.0. The van der Waals surface area contributed by atoms with Gasteiger partial charge in [0.15, 0.2) is 11.5 Å². The Kier molecular flexibility index (Phi) is 4.33. The van der Waals surface area contributed by atoms with Crippen LogP contribution in [0, 0.1) is 5.82 Å². The second-order valence-corrected chi connectivity index (χ2v) is 5.93. The van der Waals surface area contributed by atoms with Gasteiger partial charge in [0.2, 0.25) is 24.6 Å². The van der Waals surface area contributed by atoms with Crippen molar-refractivity contribution in [1.29, 1.82) is 0 Å². The van der Waals surface area contributed by atoms with Crippen molar-refractivity contribution in [2.75, 3.05) is 17.4 Å². The lowest BCUT2D eigenvalue weighted by molar-refractivity contribution is -0.124. The maximum Gasteiger partial charge on any atom is 0.249 e. The highest BCUT2D eigenvalue weighted by molar-refractivity contribution is 6.10. The number of rotatable bonds is 3. The number of guanidine groups is 1.